The molecule has 0 saturated carbocycles. The van der Waals surface area contributed by atoms with Gasteiger partial charge in [-0.05, 0) is 72.2 Å². The fraction of sp³-hybridized carbons (Fsp3) is 0.154. The Morgan fingerprint density at radius 2 is 1.76 bits per heavy atom. The van der Waals surface area contributed by atoms with E-state index in [4.69, 9.17) is 0 Å². The molecule has 0 radical (unpaired) electrons. The number of fused-ring (bicyclic) bond motifs is 1. The van der Waals surface area contributed by atoms with Gasteiger partial charge in [-0.2, -0.15) is 0 Å². The fourth-order valence-electron chi connectivity index (χ4n) is 3.82. The molecule has 2 nitrogen and oxygen atoms in total. The summed E-state index contributed by atoms with van der Waals surface area (Å²) in [4.78, 5) is 15.6. The number of aryl methyl sites for hydroxylation is 3. The van der Waals surface area contributed by atoms with Gasteiger partial charge in [-0.1, -0.05) is 48.5 Å². The van der Waals surface area contributed by atoms with E-state index in [0.29, 0.717) is 17.5 Å². The number of rotatable bonds is 6. The topological polar surface area (TPSA) is 30.0 Å². The van der Waals surface area contributed by atoms with Crippen LogP contribution in [0.2, 0.25) is 0 Å². The second kappa shape index (κ2) is 8.36. The van der Waals surface area contributed by atoms with Crippen LogP contribution in [0.15, 0.2) is 72.9 Å². The van der Waals surface area contributed by atoms with Crippen molar-refractivity contribution in [1.29, 1.82) is 0 Å². The first-order chi connectivity index (χ1) is 14.2. The van der Waals surface area contributed by atoms with Crippen LogP contribution in [0.1, 0.15) is 33.5 Å². The van der Waals surface area contributed by atoms with E-state index in [1.807, 2.05) is 42.5 Å². The monoisotopic (exact) mass is 383 g/mol. The third kappa shape index (κ3) is 3.95. The highest BCUT2D eigenvalue weighted by molar-refractivity contribution is 6.03. The molecule has 4 rings (SSSR count). The molecule has 0 aliphatic heterocycles. The molecule has 0 amide bonds. The molecule has 144 valence electrons. The summed E-state index contributed by atoms with van der Waals surface area (Å²) in [5.74, 6) is -0.191. The van der Waals surface area contributed by atoms with Crippen LogP contribution >= 0.6 is 0 Å². The van der Waals surface area contributed by atoms with Crippen LogP contribution in [0.25, 0.3) is 22.0 Å². The molecule has 0 spiro atoms. The number of halogens is 1. The molecule has 0 aliphatic rings. The maximum Gasteiger partial charge on any atom is 0.152 e. The standard InChI is InChI=1S/C26H22FNO/c1-18-6-2-3-7-19(18)8-4-9-20-11-12-21(16-25(20)27)23-14-13-22(17-29)26-24(23)10-5-15-28-26/h2-3,5-7,10-17H,4,8-9H2,1H3. The van der Waals surface area contributed by atoms with Crippen LogP contribution in [0.4, 0.5) is 4.39 Å². The van der Waals surface area contributed by atoms with E-state index in [-0.39, 0.29) is 5.82 Å². The summed E-state index contributed by atoms with van der Waals surface area (Å²) in [6.45, 7) is 2.11. The van der Waals surface area contributed by atoms with Gasteiger partial charge in [0.15, 0.2) is 6.29 Å². The SMILES string of the molecule is Cc1ccccc1CCCc1ccc(-c2ccc(C=O)c3ncccc23)cc1F. The first-order valence-electron chi connectivity index (χ1n) is 9.83. The summed E-state index contributed by atoms with van der Waals surface area (Å²) in [7, 11) is 0. The van der Waals surface area contributed by atoms with Crippen LogP contribution in [0, 0.1) is 12.7 Å². The summed E-state index contributed by atoms with van der Waals surface area (Å²) < 4.78 is 14.8. The van der Waals surface area contributed by atoms with Gasteiger partial charge >= 0.3 is 0 Å². The van der Waals surface area contributed by atoms with Gasteiger partial charge in [0.1, 0.15) is 5.82 Å². The predicted octanol–water partition coefficient (Wildman–Crippen LogP) is 6.34. The largest absolute Gasteiger partial charge is 0.298 e. The zero-order valence-corrected chi connectivity index (χ0v) is 16.4. The number of aldehydes is 1. The summed E-state index contributed by atoms with van der Waals surface area (Å²) in [5.41, 5.74) is 6.18. The Morgan fingerprint density at radius 3 is 2.55 bits per heavy atom. The lowest BCUT2D eigenvalue weighted by Crippen LogP contribution is -1.96. The molecule has 0 unspecified atom stereocenters. The van der Waals surface area contributed by atoms with Gasteiger partial charge in [0.05, 0.1) is 5.52 Å². The molecule has 0 atom stereocenters. The molecule has 0 bridgehead atoms. The van der Waals surface area contributed by atoms with E-state index < -0.39 is 0 Å². The van der Waals surface area contributed by atoms with Crippen molar-refractivity contribution in [1.82, 2.24) is 4.98 Å². The maximum absolute atomic E-state index is 14.8. The summed E-state index contributed by atoms with van der Waals surface area (Å²) in [6.07, 6.45) is 5.01. The van der Waals surface area contributed by atoms with Crippen molar-refractivity contribution in [2.45, 2.75) is 26.2 Å². The van der Waals surface area contributed by atoms with Gasteiger partial charge in [0.2, 0.25) is 0 Å². The van der Waals surface area contributed by atoms with Crippen molar-refractivity contribution >= 4 is 17.2 Å². The molecule has 4 aromatic rings. The van der Waals surface area contributed by atoms with Crippen molar-refractivity contribution in [2.75, 3.05) is 0 Å². The summed E-state index contributed by atoms with van der Waals surface area (Å²) in [6, 6.07) is 21.1. The molecule has 0 fully saturated rings. The summed E-state index contributed by atoms with van der Waals surface area (Å²) in [5, 5.41) is 0.851. The first-order valence-corrected chi connectivity index (χ1v) is 9.83. The minimum atomic E-state index is -0.191. The van der Waals surface area contributed by atoms with Gasteiger partial charge in [0, 0.05) is 17.1 Å². The maximum atomic E-state index is 14.8. The van der Waals surface area contributed by atoms with Crippen molar-refractivity contribution in [3.05, 3.63) is 101 Å². The molecule has 1 aromatic heterocycles. The Labute approximate surface area is 170 Å². The van der Waals surface area contributed by atoms with E-state index in [9.17, 15) is 9.18 Å². The average molecular weight is 383 g/mol. The van der Waals surface area contributed by atoms with Crippen LogP contribution in [0.5, 0.6) is 0 Å². The highest BCUT2D eigenvalue weighted by atomic mass is 19.1. The van der Waals surface area contributed by atoms with Crippen LogP contribution in [-0.2, 0) is 12.8 Å². The molecule has 0 aliphatic carbocycles. The van der Waals surface area contributed by atoms with Crippen molar-refractivity contribution in [3.63, 3.8) is 0 Å². The number of hydrogen-bond acceptors (Lipinski definition) is 2. The Morgan fingerprint density at radius 1 is 0.931 bits per heavy atom. The second-order valence-electron chi connectivity index (χ2n) is 7.31. The molecule has 3 aromatic carbocycles. The highest BCUT2D eigenvalue weighted by Crippen LogP contribution is 2.30. The van der Waals surface area contributed by atoms with Crippen LogP contribution < -0.4 is 0 Å². The number of hydrogen-bond donors (Lipinski definition) is 0. The predicted molar refractivity (Wildman–Crippen MR) is 116 cm³/mol. The molecular weight excluding hydrogens is 361 g/mol. The summed E-state index contributed by atoms with van der Waals surface area (Å²) >= 11 is 0. The van der Waals surface area contributed by atoms with Crippen LogP contribution in [-0.4, -0.2) is 11.3 Å². The Bertz CT molecular complexity index is 1180. The average Bonchev–Trinajstić information content (AvgIpc) is 2.75. The Hall–Kier alpha value is -3.33. The van der Waals surface area contributed by atoms with E-state index in [0.717, 1.165) is 41.2 Å². The first kappa shape index (κ1) is 19.0. The van der Waals surface area contributed by atoms with Gasteiger partial charge in [-0.25, -0.2) is 4.39 Å². The second-order valence-corrected chi connectivity index (χ2v) is 7.31. The van der Waals surface area contributed by atoms with E-state index in [1.54, 1.807) is 18.3 Å². The lowest BCUT2D eigenvalue weighted by molar-refractivity contribution is 0.112. The molecular formula is C26H22FNO. The Kier molecular flexibility index (Phi) is 5.48. The van der Waals surface area contributed by atoms with Crippen molar-refractivity contribution in [2.24, 2.45) is 0 Å². The Balaban J connectivity index is 1.57. The van der Waals surface area contributed by atoms with Gasteiger partial charge in [-0.3, -0.25) is 9.78 Å². The third-order valence-electron chi connectivity index (χ3n) is 5.45. The molecule has 1 heterocycles. The quantitative estimate of drug-likeness (QED) is 0.364. The van der Waals surface area contributed by atoms with E-state index in [1.165, 1.54) is 11.1 Å². The van der Waals surface area contributed by atoms with E-state index >= 15 is 0 Å². The van der Waals surface area contributed by atoms with Gasteiger partial charge in [-0.15, -0.1) is 0 Å². The minimum absolute atomic E-state index is 0.191. The van der Waals surface area contributed by atoms with Crippen molar-refractivity contribution < 1.29 is 9.18 Å². The highest BCUT2D eigenvalue weighted by Gasteiger charge is 2.11. The lowest BCUT2D eigenvalue weighted by atomic mass is 9.95. The number of carbonyl (C=O) groups is 1. The zero-order valence-electron chi connectivity index (χ0n) is 16.4. The molecule has 3 heteroatoms. The normalized spacial score (nSPS) is 11.0. The number of carbonyl (C=O) groups excluding carboxylic acids is 1. The number of pyridine rings is 1. The molecule has 0 saturated heterocycles. The smallest absolute Gasteiger partial charge is 0.152 e. The van der Waals surface area contributed by atoms with E-state index in [2.05, 4.69) is 24.0 Å². The van der Waals surface area contributed by atoms with Crippen molar-refractivity contribution in [3.8, 4) is 11.1 Å². The van der Waals surface area contributed by atoms with Crippen LogP contribution in [0.3, 0.4) is 0 Å². The number of nitrogens with zero attached hydrogens (tertiary/aromatic N) is 1. The lowest BCUT2D eigenvalue weighted by Gasteiger charge is -2.11. The number of aromatic nitrogens is 1. The van der Waals surface area contributed by atoms with Gasteiger partial charge in [0.25, 0.3) is 0 Å². The van der Waals surface area contributed by atoms with Gasteiger partial charge < -0.3 is 0 Å². The zero-order chi connectivity index (χ0) is 20.2. The third-order valence-corrected chi connectivity index (χ3v) is 5.45. The molecule has 29 heavy (non-hydrogen) atoms. The number of benzene rings is 3. The minimum Gasteiger partial charge on any atom is -0.298 e. The molecule has 0 N–H and O–H groups in total. The fourth-order valence-corrected chi connectivity index (χ4v) is 3.82.